The molecule has 1 amide bonds. The molecule has 3 nitrogen and oxygen atoms in total. The van der Waals surface area contributed by atoms with Crippen LogP contribution < -0.4 is 5.32 Å². The number of hydrogen-bond donors (Lipinski definition) is 2. The summed E-state index contributed by atoms with van der Waals surface area (Å²) in [5.74, 6) is -2.05. The van der Waals surface area contributed by atoms with Crippen LogP contribution in [0.3, 0.4) is 0 Å². The van der Waals surface area contributed by atoms with Crippen LogP contribution in [0.5, 0.6) is 0 Å². The number of amides is 1. The van der Waals surface area contributed by atoms with E-state index in [9.17, 15) is 13.6 Å². The highest BCUT2D eigenvalue weighted by Gasteiger charge is 2.08. The fourth-order valence-electron chi connectivity index (χ4n) is 1.44. The van der Waals surface area contributed by atoms with Gasteiger partial charge in [-0.15, -0.1) is 0 Å². The second-order valence-electron chi connectivity index (χ2n) is 3.54. The zero-order valence-corrected chi connectivity index (χ0v) is 8.84. The summed E-state index contributed by atoms with van der Waals surface area (Å²) < 4.78 is 25.8. The molecule has 88 valence electrons. The highest BCUT2D eigenvalue weighted by Crippen LogP contribution is 2.08. The summed E-state index contributed by atoms with van der Waals surface area (Å²) in [6.07, 6.45) is 1.73. The van der Waals surface area contributed by atoms with E-state index in [0.717, 1.165) is 23.9 Å². The van der Waals surface area contributed by atoms with Crippen molar-refractivity contribution in [1.29, 1.82) is 0 Å². The predicted octanol–water partition coefficient (Wildman–Crippen LogP) is 2.22. The molecule has 0 aliphatic carbocycles. The Labute approximate surface area is 96.5 Å². The van der Waals surface area contributed by atoms with Crippen LogP contribution in [0.4, 0.5) is 8.78 Å². The highest BCUT2D eigenvalue weighted by molar-refractivity contribution is 5.94. The molecule has 0 fully saturated rings. The lowest BCUT2D eigenvalue weighted by atomic mass is 10.2. The third-order valence-corrected chi connectivity index (χ3v) is 2.23. The number of H-pyrrole nitrogens is 1. The molecule has 0 unspecified atom stereocenters. The van der Waals surface area contributed by atoms with E-state index in [1.807, 2.05) is 0 Å². The second kappa shape index (κ2) is 4.78. The molecule has 0 saturated carbocycles. The van der Waals surface area contributed by atoms with Crippen molar-refractivity contribution in [3.05, 3.63) is 59.4 Å². The van der Waals surface area contributed by atoms with E-state index in [-0.39, 0.29) is 12.1 Å². The van der Waals surface area contributed by atoms with Gasteiger partial charge < -0.3 is 10.3 Å². The number of carbonyl (C=O) groups excluding carboxylic acids is 1. The van der Waals surface area contributed by atoms with Crippen molar-refractivity contribution in [1.82, 2.24) is 10.3 Å². The highest BCUT2D eigenvalue weighted by atomic mass is 19.1. The molecule has 0 bridgehead atoms. The molecular formula is C12H10F2N2O. The molecule has 17 heavy (non-hydrogen) atoms. The maximum atomic E-state index is 12.9. The normalized spacial score (nSPS) is 10.2. The topological polar surface area (TPSA) is 44.9 Å². The zero-order chi connectivity index (χ0) is 12.3. The first-order valence-electron chi connectivity index (χ1n) is 5.02. The molecule has 2 rings (SSSR count). The minimum atomic E-state index is -0.768. The third-order valence-electron chi connectivity index (χ3n) is 2.23. The van der Waals surface area contributed by atoms with Crippen LogP contribution in [0.1, 0.15) is 16.1 Å². The molecule has 1 aromatic heterocycles. The summed E-state index contributed by atoms with van der Waals surface area (Å²) in [6.45, 7) is 0.282. The Morgan fingerprint density at radius 2 is 1.94 bits per heavy atom. The lowest BCUT2D eigenvalue weighted by Gasteiger charge is -2.04. The summed E-state index contributed by atoms with van der Waals surface area (Å²) in [7, 11) is 0. The summed E-state index contributed by atoms with van der Waals surface area (Å²) in [5.41, 5.74) is 0.782. The molecule has 0 radical (unpaired) electrons. The van der Waals surface area contributed by atoms with Gasteiger partial charge in [-0.2, -0.15) is 0 Å². The van der Waals surface area contributed by atoms with Crippen molar-refractivity contribution < 1.29 is 13.6 Å². The molecule has 5 heteroatoms. The van der Waals surface area contributed by atoms with Gasteiger partial charge in [0.2, 0.25) is 0 Å². The first-order valence-corrected chi connectivity index (χ1v) is 5.02. The molecule has 1 aromatic carbocycles. The molecule has 2 aromatic rings. The Morgan fingerprint density at radius 3 is 2.53 bits per heavy atom. The number of hydrogen-bond acceptors (Lipinski definition) is 1. The Bertz CT molecular complexity index is 503. The van der Waals surface area contributed by atoms with Crippen LogP contribution in [0.2, 0.25) is 0 Å². The van der Waals surface area contributed by atoms with E-state index in [1.165, 1.54) is 0 Å². The quantitative estimate of drug-likeness (QED) is 0.843. The van der Waals surface area contributed by atoms with Crippen molar-refractivity contribution in [2.24, 2.45) is 0 Å². The first-order chi connectivity index (χ1) is 8.15. The minimum Gasteiger partial charge on any atom is -0.364 e. The maximum Gasteiger partial charge on any atom is 0.251 e. The molecule has 2 N–H and O–H groups in total. The van der Waals surface area contributed by atoms with Gasteiger partial charge in [-0.1, -0.05) is 0 Å². The van der Waals surface area contributed by atoms with E-state index < -0.39 is 17.5 Å². The lowest BCUT2D eigenvalue weighted by molar-refractivity contribution is 0.0949. The summed E-state index contributed by atoms with van der Waals surface area (Å²) in [5, 5.41) is 2.55. The van der Waals surface area contributed by atoms with E-state index >= 15 is 0 Å². The summed E-state index contributed by atoms with van der Waals surface area (Å²) >= 11 is 0. The van der Waals surface area contributed by atoms with Crippen LogP contribution in [0.25, 0.3) is 0 Å². The predicted molar refractivity (Wildman–Crippen MR) is 58.3 cm³/mol. The molecule has 0 spiro atoms. The van der Waals surface area contributed by atoms with Crippen LogP contribution >= 0.6 is 0 Å². The monoisotopic (exact) mass is 236 g/mol. The number of aromatic nitrogens is 1. The number of aromatic amines is 1. The summed E-state index contributed by atoms with van der Waals surface area (Å²) in [4.78, 5) is 14.5. The summed E-state index contributed by atoms with van der Waals surface area (Å²) in [6, 6.07) is 6.30. The van der Waals surface area contributed by atoms with Gasteiger partial charge in [0.15, 0.2) is 0 Å². The average Bonchev–Trinajstić information content (AvgIpc) is 2.77. The third kappa shape index (κ3) is 2.90. The van der Waals surface area contributed by atoms with E-state index in [1.54, 1.807) is 18.3 Å². The fraction of sp³-hybridized carbons (Fsp3) is 0.0833. The van der Waals surface area contributed by atoms with Crippen molar-refractivity contribution in [2.75, 3.05) is 0 Å². The Kier molecular flexibility index (Phi) is 3.18. The van der Waals surface area contributed by atoms with E-state index in [0.29, 0.717) is 0 Å². The number of halogens is 2. The van der Waals surface area contributed by atoms with Gasteiger partial charge in [0.1, 0.15) is 11.6 Å². The van der Waals surface area contributed by atoms with Crippen molar-refractivity contribution in [2.45, 2.75) is 6.54 Å². The number of rotatable bonds is 3. The van der Waals surface area contributed by atoms with Gasteiger partial charge in [0.25, 0.3) is 5.91 Å². The Morgan fingerprint density at radius 1 is 1.24 bits per heavy atom. The van der Waals surface area contributed by atoms with Gasteiger partial charge >= 0.3 is 0 Å². The fourth-order valence-corrected chi connectivity index (χ4v) is 1.44. The van der Waals surface area contributed by atoms with Crippen molar-refractivity contribution in [3.63, 3.8) is 0 Å². The zero-order valence-electron chi connectivity index (χ0n) is 8.84. The van der Waals surface area contributed by atoms with Crippen LogP contribution in [-0.2, 0) is 6.54 Å². The van der Waals surface area contributed by atoms with Gasteiger partial charge in [0.05, 0.1) is 6.54 Å². The Balaban J connectivity index is 2.04. The SMILES string of the molecule is O=C(NCc1ccc[nH]1)c1cc(F)cc(F)c1. The number of benzene rings is 1. The number of nitrogens with one attached hydrogen (secondary N) is 2. The minimum absolute atomic E-state index is 0.0333. The van der Waals surface area contributed by atoms with Gasteiger partial charge in [-0.25, -0.2) is 8.78 Å². The second-order valence-corrected chi connectivity index (χ2v) is 3.54. The first kappa shape index (κ1) is 11.3. The molecule has 0 aliphatic rings. The van der Waals surface area contributed by atoms with E-state index in [2.05, 4.69) is 10.3 Å². The molecule has 0 aliphatic heterocycles. The van der Waals surface area contributed by atoms with Crippen LogP contribution in [-0.4, -0.2) is 10.9 Å². The Hall–Kier alpha value is -2.17. The smallest absolute Gasteiger partial charge is 0.251 e. The maximum absolute atomic E-state index is 12.9. The van der Waals surface area contributed by atoms with Crippen molar-refractivity contribution >= 4 is 5.91 Å². The average molecular weight is 236 g/mol. The molecule has 0 atom stereocenters. The lowest BCUT2D eigenvalue weighted by Crippen LogP contribution is -2.23. The molecule has 1 heterocycles. The van der Waals surface area contributed by atoms with Gasteiger partial charge in [0, 0.05) is 23.5 Å². The van der Waals surface area contributed by atoms with E-state index in [4.69, 9.17) is 0 Å². The molecule has 0 saturated heterocycles. The standard InChI is InChI=1S/C12H10F2N2O/c13-9-4-8(5-10(14)6-9)12(17)16-7-11-2-1-3-15-11/h1-6,15H,7H2,(H,16,17). The van der Waals surface area contributed by atoms with Gasteiger partial charge in [-0.3, -0.25) is 4.79 Å². The van der Waals surface area contributed by atoms with Crippen LogP contribution in [0, 0.1) is 11.6 Å². The largest absolute Gasteiger partial charge is 0.364 e. The molecular weight excluding hydrogens is 226 g/mol. The number of carbonyl (C=O) groups is 1. The van der Waals surface area contributed by atoms with Crippen molar-refractivity contribution in [3.8, 4) is 0 Å². The van der Waals surface area contributed by atoms with Crippen LogP contribution in [0.15, 0.2) is 36.5 Å². The van der Waals surface area contributed by atoms with Gasteiger partial charge in [-0.05, 0) is 24.3 Å².